The van der Waals surface area contributed by atoms with E-state index in [4.69, 9.17) is 5.11 Å². The Morgan fingerprint density at radius 3 is 2.33 bits per heavy atom. The van der Waals surface area contributed by atoms with E-state index in [1.165, 1.54) is 12.0 Å². The average molecular weight is 329 g/mol. The summed E-state index contributed by atoms with van der Waals surface area (Å²) >= 11 is 0. The van der Waals surface area contributed by atoms with Crippen LogP contribution < -0.4 is 0 Å². The van der Waals surface area contributed by atoms with E-state index in [0.717, 1.165) is 38.8 Å². The van der Waals surface area contributed by atoms with Gasteiger partial charge in [-0.2, -0.15) is 0 Å². The van der Waals surface area contributed by atoms with Gasteiger partial charge in [0.05, 0.1) is 5.92 Å². The Balaban J connectivity index is 1.53. The fourth-order valence-electron chi connectivity index (χ4n) is 4.22. The molecule has 1 heterocycles. The largest absolute Gasteiger partial charge is 0.481 e. The first-order chi connectivity index (χ1) is 11.6. The topological polar surface area (TPSA) is 57.6 Å². The highest BCUT2D eigenvalue weighted by molar-refractivity contribution is 5.79. The van der Waals surface area contributed by atoms with Gasteiger partial charge in [-0.25, -0.2) is 0 Å². The van der Waals surface area contributed by atoms with Crippen molar-refractivity contribution in [3.05, 3.63) is 35.9 Å². The molecule has 0 radical (unpaired) electrons. The van der Waals surface area contributed by atoms with E-state index in [1.807, 2.05) is 11.0 Å². The molecule has 1 N–H and O–H groups in total. The first-order valence-electron chi connectivity index (χ1n) is 9.19. The van der Waals surface area contributed by atoms with Crippen molar-refractivity contribution in [1.29, 1.82) is 0 Å². The number of hydrogen-bond acceptors (Lipinski definition) is 2. The summed E-state index contributed by atoms with van der Waals surface area (Å²) in [4.78, 5) is 25.9. The lowest BCUT2D eigenvalue weighted by atomic mass is 9.81. The Hall–Kier alpha value is -1.84. The summed E-state index contributed by atoms with van der Waals surface area (Å²) in [6.45, 7) is 1.72. The van der Waals surface area contributed by atoms with Gasteiger partial charge in [0, 0.05) is 19.0 Å². The van der Waals surface area contributed by atoms with Gasteiger partial charge in [0.1, 0.15) is 0 Å². The van der Waals surface area contributed by atoms with Gasteiger partial charge in [-0.15, -0.1) is 0 Å². The van der Waals surface area contributed by atoms with Crippen LogP contribution in [0.3, 0.4) is 0 Å². The van der Waals surface area contributed by atoms with E-state index < -0.39 is 5.97 Å². The van der Waals surface area contributed by atoms with Crippen molar-refractivity contribution in [3.8, 4) is 0 Å². The monoisotopic (exact) mass is 329 g/mol. The van der Waals surface area contributed by atoms with Crippen LogP contribution in [0, 0.1) is 17.8 Å². The number of carbonyl (C=O) groups excluding carboxylic acids is 1. The second kappa shape index (κ2) is 7.82. The molecule has 1 saturated heterocycles. The standard InChI is InChI=1S/C20H27NO3/c22-19(17-8-10-18(11-9-17)20(23)24)21-12-4-7-16(14-21)13-15-5-2-1-3-6-15/h1-3,5-6,16-18H,4,7-14H2,(H,23,24). The minimum atomic E-state index is -0.707. The van der Waals surface area contributed by atoms with Crippen LogP contribution in [0.2, 0.25) is 0 Å². The van der Waals surface area contributed by atoms with E-state index in [0.29, 0.717) is 18.8 Å². The van der Waals surface area contributed by atoms with Crippen LogP contribution in [-0.4, -0.2) is 35.0 Å². The quantitative estimate of drug-likeness (QED) is 0.921. The molecule has 2 aliphatic rings. The van der Waals surface area contributed by atoms with Crippen LogP contribution in [0.15, 0.2) is 30.3 Å². The fraction of sp³-hybridized carbons (Fsp3) is 0.600. The molecular formula is C20H27NO3. The van der Waals surface area contributed by atoms with Crippen molar-refractivity contribution in [2.24, 2.45) is 17.8 Å². The van der Waals surface area contributed by atoms with Crippen LogP contribution in [0.4, 0.5) is 0 Å². The molecule has 1 unspecified atom stereocenters. The van der Waals surface area contributed by atoms with Crippen LogP contribution in [0.1, 0.15) is 44.1 Å². The Labute approximate surface area is 143 Å². The van der Waals surface area contributed by atoms with Gasteiger partial charge in [0.25, 0.3) is 0 Å². The van der Waals surface area contributed by atoms with Crippen molar-refractivity contribution >= 4 is 11.9 Å². The highest BCUT2D eigenvalue weighted by Gasteiger charge is 2.33. The number of carboxylic acids is 1. The van der Waals surface area contributed by atoms with Gasteiger partial charge in [0.2, 0.25) is 5.91 Å². The summed E-state index contributed by atoms with van der Waals surface area (Å²) in [5, 5.41) is 9.09. The van der Waals surface area contributed by atoms with Crippen molar-refractivity contribution in [2.45, 2.75) is 44.9 Å². The number of nitrogens with zero attached hydrogens (tertiary/aromatic N) is 1. The normalized spacial score (nSPS) is 27.7. The van der Waals surface area contributed by atoms with E-state index in [-0.39, 0.29) is 17.7 Å². The molecule has 2 fully saturated rings. The second-order valence-corrected chi connectivity index (χ2v) is 7.37. The number of carboxylic acid groups (broad SMARTS) is 1. The second-order valence-electron chi connectivity index (χ2n) is 7.37. The van der Waals surface area contributed by atoms with Crippen LogP contribution in [0.5, 0.6) is 0 Å². The van der Waals surface area contributed by atoms with Crippen LogP contribution >= 0.6 is 0 Å². The number of aliphatic carboxylic acids is 1. The van der Waals surface area contributed by atoms with Crippen LogP contribution in [-0.2, 0) is 16.0 Å². The summed E-state index contributed by atoms with van der Waals surface area (Å²) in [5.74, 6) is -0.115. The Kier molecular flexibility index (Phi) is 5.54. The predicted molar refractivity (Wildman–Crippen MR) is 92.5 cm³/mol. The molecule has 24 heavy (non-hydrogen) atoms. The first kappa shape index (κ1) is 17.0. The molecule has 1 atom stereocenters. The number of rotatable bonds is 4. The van der Waals surface area contributed by atoms with E-state index in [1.54, 1.807) is 0 Å². The zero-order valence-electron chi connectivity index (χ0n) is 14.2. The summed E-state index contributed by atoms with van der Waals surface area (Å²) in [7, 11) is 0. The molecule has 3 rings (SSSR count). The molecule has 1 aromatic rings. The lowest BCUT2D eigenvalue weighted by Crippen LogP contribution is -2.44. The number of carbonyl (C=O) groups is 2. The van der Waals surface area contributed by atoms with Crippen molar-refractivity contribution in [1.82, 2.24) is 4.90 Å². The third kappa shape index (κ3) is 4.16. The molecule has 0 aromatic heterocycles. The van der Waals surface area contributed by atoms with Gasteiger partial charge < -0.3 is 10.0 Å². The third-order valence-corrected chi connectivity index (χ3v) is 5.62. The highest BCUT2D eigenvalue weighted by Crippen LogP contribution is 2.31. The van der Waals surface area contributed by atoms with Crippen molar-refractivity contribution in [3.63, 3.8) is 0 Å². The average Bonchev–Trinajstić information content (AvgIpc) is 2.62. The number of likely N-dealkylation sites (tertiary alicyclic amines) is 1. The van der Waals surface area contributed by atoms with E-state index in [2.05, 4.69) is 24.3 Å². The smallest absolute Gasteiger partial charge is 0.306 e. The number of piperidine rings is 1. The molecule has 1 aliphatic carbocycles. The van der Waals surface area contributed by atoms with Gasteiger partial charge in [0.15, 0.2) is 0 Å². The van der Waals surface area contributed by atoms with Crippen molar-refractivity contribution < 1.29 is 14.7 Å². The zero-order valence-corrected chi connectivity index (χ0v) is 14.2. The third-order valence-electron chi connectivity index (χ3n) is 5.62. The Morgan fingerprint density at radius 1 is 1.00 bits per heavy atom. The minimum absolute atomic E-state index is 0.0380. The predicted octanol–water partition coefficient (Wildman–Crippen LogP) is 3.36. The molecule has 4 nitrogen and oxygen atoms in total. The number of benzene rings is 1. The maximum Gasteiger partial charge on any atom is 0.306 e. The number of hydrogen-bond donors (Lipinski definition) is 1. The molecular weight excluding hydrogens is 302 g/mol. The van der Waals surface area contributed by atoms with Gasteiger partial charge in [-0.05, 0) is 56.4 Å². The Bertz CT molecular complexity index is 564. The van der Waals surface area contributed by atoms with Gasteiger partial charge >= 0.3 is 5.97 Å². The summed E-state index contributed by atoms with van der Waals surface area (Å²) in [5.41, 5.74) is 1.35. The lowest BCUT2D eigenvalue weighted by Gasteiger charge is -2.36. The summed E-state index contributed by atoms with van der Waals surface area (Å²) in [6, 6.07) is 10.5. The zero-order chi connectivity index (χ0) is 16.9. The van der Waals surface area contributed by atoms with E-state index >= 15 is 0 Å². The fourth-order valence-corrected chi connectivity index (χ4v) is 4.22. The molecule has 1 amide bonds. The SMILES string of the molecule is O=C(O)C1CCC(C(=O)N2CCCC(Cc3ccccc3)C2)CC1. The van der Waals surface area contributed by atoms with Crippen LogP contribution in [0.25, 0.3) is 0 Å². The van der Waals surface area contributed by atoms with Gasteiger partial charge in [-0.3, -0.25) is 9.59 Å². The van der Waals surface area contributed by atoms with Gasteiger partial charge in [-0.1, -0.05) is 30.3 Å². The molecule has 1 saturated carbocycles. The molecule has 1 aliphatic heterocycles. The molecule has 1 aromatic carbocycles. The maximum absolute atomic E-state index is 12.8. The molecule has 130 valence electrons. The van der Waals surface area contributed by atoms with E-state index in [9.17, 15) is 9.59 Å². The number of amides is 1. The lowest BCUT2D eigenvalue weighted by molar-refractivity contribution is -0.146. The Morgan fingerprint density at radius 2 is 1.67 bits per heavy atom. The molecule has 0 spiro atoms. The maximum atomic E-state index is 12.8. The molecule has 4 heteroatoms. The first-order valence-corrected chi connectivity index (χ1v) is 9.19. The molecule has 0 bridgehead atoms. The summed E-state index contributed by atoms with van der Waals surface area (Å²) < 4.78 is 0. The van der Waals surface area contributed by atoms with Crippen molar-refractivity contribution in [2.75, 3.05) is 13.1 Å². The summed E-state index contributed by atoms with van der Waals surface area (Å²) in [6.07, 6.45) is 6.06. The highest BCUT2D eigenvalue weighted by atomic mass is 16.4. The minimum Gasteiger partial charge on any atom is -0.481 e.